The molecule has 1 aliphatic heterocycles. The van der Waals surface area contributed by atoms with Gasteiger partial charge in [-0.25, -0.2) is 0 Å². The van der Waals surface area contributed by atoms with Crippen molar-refractivity contribution in [2.24, 2.45) is 0 Å². The van der Waals surface area contributed by atoms with E-state index < -0.39 is 0 Å². The van der Waals surface area contributed by atoms with Crippen LogP contribution < -0.4 is 10.6 Å². The predicted octanol–water partition coefficient (Wildman–Crippen LogP) is 3.32. The number of morpholine rings is 1. The molecule has 6 heteroatoms. The van der Waals surface area contributed by atoms with E-state index >= 15 is 0 Å². The Morgan fingerprint density at radius 1 is 1.16 bits per heavy atom. The van der Waals surface area contributed by atoms with E-state index in [0.717, 1.165) is 12.0 Å². The van der Waals surface area contributed by atoms with Crippen molar-refractivity contribution in [2.45, 2.75) is 18.6 Å². The molecule has 0 aliphatic carbocycles. The quantitative estimate of drug-likeness (QED) is 0.838. The SMILES string of the molecule is O=C(NCC1CNC(Cc2ccc(Cl)c(Cl)c2)CO1)c1ccccc1. The molecule has 132 valence electrons. The summed E-state index contributed by atoms with van der Waals surface area (Å²) in [4.78, 5) is 12.0. The Morgan fingerprint density at radius 2 is 1.96 bits per heavy atom. The highest BCUT2D eigenvalue weighted by Gasteiger charge is 2.22. The van der Waals surface area contributed by atoms with Crippen LogP contribution in [0.5, 0.6) is 0 Å². The molecule has 1 fully saturated rings. The fraction of sp³-hybridized carbons (Fsp3) is 0.316. The van der Waals surface area contributed by atoms with Gasteiger partial charge in [-0.15, -0.1) is 0 Å². The molecule has 1 saturated heterocycles. The fourth-order valence-electron chi connectivity index (χ4n) is 2.78. The molecule has 0 bridgehead atoms. The van der Waals surface area contributed by atoms with Crippen LogP contribution in [-0.4, -0.2) is 37.7 Å². The zero-order valence-corrected chi connectivity index (χ0v) is 15.2. The second kappa shape index (κ2) is 8.68. The maximum atomic E-state index is 12.0. The van der Waals surface area contributed by atoms with Gasteiger partial charge in [-0.05, 0) is 36.2 Å². The molecule has 2 unspecified atom stereocenters. The Bertz CT molecular complexity index is 717. The summed E-state index contributed by atoms with van der Waals surface area (Å²) in [5.74, 6) is -0.0814. The molecule has 0 spiro atoms. The number of ether oxygens (including phenoxy) is 1. The molecule has 2 aromatic carbocycles. The number of hydrogen-bond acceptors (Lipinski definition) is 3. The molecular formula is C19H20Cl2N2O2. The highest BCUT2D eigenvalue weighted by molar-refractivity contribution is 6.42. The van der Waals surface area contributed by atoms with Crippen LogP contribution >= 0.6 is 23.2 Å². The summed E-state index contributed by atoms with van der Waals surface area (Å²) < 4.78 is 5.87. The third-order valence-corrected chi connectivity index (χ3v) is 4.90. The van der Waals surface area contributed by atoms with Crippen molar-refractivity contribution in [1.82, 2.24) is 10.6 Å². The number of benzene rings is 2. The molecule has 2 atom stereocenters. The monoisotopic (exact) mass is 378 g/mol. The van der Waals surface area contributed by atoms with Crippen LogP contribution in [0.1, 0.15) is 15.9 Å². The first kappa shape index (κ1) is 18.2. The highest BCUT2D eigenvalue weighted by atomic mass is 35.5. The van der Waals surface area contributed by atoms with Gasteiger partial charge in [0.05, 0.1) is 22.8 Å². The first-order valence-corrected chi connectivity index (χ1v) is 8.99. The number of carbonyl (C=O) groups excluding carboxylic acids is 1. The van der Waals surface area contributed by atoms with E-state index in [1.807, 2.05) is 36.4 Å². The predicted molar refractivity (Wildman–Crippen MR) is 100 cm³/mol. The molecule has 2 aromatic rings. The molecule has 25 heavy (non-hydrogen) atoms. The lowest BCUT2D eigenvalue weighted by atomic mass is 10.1. The van der Waals surface area contributed by atoms with Crippen molar-refractivity contribution in [3.8, 4) is 0 Å². The second-order valence-corrected chi connectivity index (χ2v) is 6.90. The molecule has 1 aliphatic rings. The standard InChI is InChI=1S/C19H20Cl2N2O2/c20-17-7-6-13(9-18(17)21)8-15-12-25-16(10-22-15)11-23-19(24)14-4-2-1-3-5-14/h1-7,9,15-16,22H,8,10-12H2,(H,23,24). The number of hydrogen-bond donors (Lipinski definition) is 2. The van der Waals surface area contributed by atoms with Gasteiger partial charge in [0, 0.05) is 24.7 Å². The van der Waals surface area contributed by atoms with E-state index in [0.29, 0.717) is 35.3 Å². The van der Waals surface area contributed by atoms with Crippen LogP contribution in [0.4, 0.5) is 0 Å². The number of rotatable bonds is 5. The van der Waals surface area contributed by atoms with Gasteiger partial charge in [-0.2, -0.15) is 0 Å². The average molecular weight is 379 g/mol. The summed E-state index contributed by atoms with van der Waals surface area (Å²) in [6.45, 7) is 1.77. The topological polar surface area (TPSA) is 50.4 Å². The van der Waals surface area contributed by atoms with Crippen LogP contribution in [0.15, 0.2) is 48.5 Å². The lowest BCUT2D eigenvalue weighted by Gasteiger charge is -2.30. The van der Waals surface area contributed by atoms with Gasteiger partial charge in [-0.1, -0.05) is 47.5 Å². The molecule has 1 heterocycles. The van der Waals surface area contributed by atoms with Crippen molar-refractivity contribution >= 4 is 29.1 Å². The van der Waals surface area contributed by atoms with Gasteiger partial charge < -0.3 is 15.4 Å². The average Bonchev–Trinajstić information content (AvgIpc) is 2.64. The van der Waals surface area contributed by atoms with E-state index in [2.05, 4.69) is 10.6 Å². The van der Waals surface area contributed by atoms with Crippen molar-refractivity contribution < 1.29 is 9.53 Å². The summed E-state index contributed by atoms with van der Waals surface area (Å²) in [5, 5.41) is 7.50. The van der Waals surface area contributed by atoms with Gasteiger partial charge in [0.1, 0.15) is 0 Å². The van der Waals surface area contributed by atoms with Crippen LogP contribution in [-0.2, 0) is 11.2 Å². The van der Waals surface area contributed by atoms with Crippen LogP contribution in [0, 0.1) is 0 Å². The third-order valence-electron chi connectivity index (χ3n) is 4.16. The van der Waals surface area contributed by atoms with Crippen molar-refractivity contribution in [2.75, 3.05) is 19.7 Å². The van der Waals surface area contributed by atoms with Crippen molar-refractivity contribution in [1.29, 1.82) is 0 Å². The van der Waals surface area contributed by atoms with E-state index in [9.17, 15) is 4.79 Å². The van der Waals surface area contributed by atoms with Gasteiger partial charge >= 0.3 is 0 Å². The highest BCUT2D eigenvalue weighted by Crippen LogP contribution is 2.23. The smallest absolute Gasteiger partial charge is 0.251 e. The van der Waals surface area contributed by atoms with Crippen LogP contribution in [0.25, 0.3) is 0 Å². The lowest BCUT2D eigenvalue weighted by molar-refractivity contribution is 0.00553. The van der Waals surface area contributed by atoms with E-state index in [4.69, 9.17) is 27.9 Å². The van der Waals surface area contributed by atoms with Crippen molar-refractivity contribution in [3.05, 3.63) is 69.7 Å². The fourth-order valence-corrected chi connectivity index (χ4v) is 3.10. The summed E-state index contributed by atoms with van der Waals surface area (Å²) >= 11 is 12.0. The first-order chi connectivity index (χ1) is 12.1. The van der Waals surface area contributed by atoms with E-state index in [1.54, 1.807) is 12.1 Å². The third kappa shape index (κ3) is 5.19. The minimum atomic E-state index is -0.0814. The molecule has 2 N–H and O–H groups in total. The minimum Gasteiger partial charge on any atom is -0.373 e. The summed E-state index contributed by atoms with van der Waals surface area (Å²) in [7, 11) is 0. The Kier molecular flexibility index (Phi) is 6.32. The molecule has 0 aromatic heterocycles. The normalized spacial score (nSPS) is 20.2. The van der Waals surface area contributed by atoms with Gasteiger partial charge in [-0.3, -0.25) is 4.79 Å². The molecule has 4 nitrogen and oxygen atoms in total. The zero-order valence-electron chi connectivity index (χ0n) is 13.7. The molecule has 1 amide bonds. The Labute approximate surface area is 157 Å². The number of carbonyl (C=O) groups is 1. The Hall–Kier alpha value is -1.59. The molecule has 0 saturated carbocycles. The Balaban J connectivity index is 1.42. The first-order valence-electron chi connectivity index (χ1n) is 8.24. The second-order valence-electron chi connectivity index (χ2n) is 6.09. The summed E-state index contributed by atoms with van der Waals surface area (Å²) in [6, 6.07) is 15.1. The maximum absolute atomic E-state index is 12.0. The summed E-state index contributed by atoms with van der Waals surface area (Å²) in [6.07, 6.45) is 0.790. The van der Waals surface area contributed by atoms with Crippen LogP contribution in [0.3, 0.4) is 0 Å². The lowest BCUT2D eigenvalue weighted by Crippen LogP contribution is -2.51. The van der Waals surface area contributed by atoms with E-state index in [-0.39, 0.29) is 18.1 Å². The molecular weight excluding hydrogens is 359 g/mol. The molecule has 3 rings (SSSR count). The number of amides is 1. The Morgan fingerprint density at radius 3 is 2.64 bits per heavy atom. The van der Waals surface area contributed by atoms with E-state index in [1.165, 1.54) is 0 Å². The largest absolute Gasteiger partial charge is 0.373 e. The van der Waals surface area contributed by atoms with Gasteiger partial charge in [0.2, 0.25) is 0 Å². The van der Waals surface area contributed by atoms with Crippen LogP contribution in [0.2, 0.25) is 10.0 Å². The number of halogens is 2. The zero-order chi connectivity index (χ0) is 17.6. The minimum absolute atomic E-state index is 0.0299. The molecule has 0 radical (unpaired) electrons. The van der Waals surface area contributed by atoms with Gasteiger partial charge in [0.25, 0.3) is 5.91 Å². The summed E-state index contributed by atoms with van der Waals surface area (Å²) in [5.41, 5.74) is 1.77. The van der Waals surface area contributed by atoms with Gasteiger partial charge in [0.15, 0.2) is 0 Å². The maximum Gasteiger partial charge on any atom is 0.251 e. The van der Waals surface area contributed by atoms with Crippen molar-refractivity contribution in [3.63, 3.8) is 0 Å². The number of nitrogens with one attached hydrogen (secondary N) is 2.